The minimum Gasteiger partial charge on any atom is -0.302 e. The zero-order chi connectivity index (χ0) is 20.5. The van der Waals surface area contributed by atoms with Crippen LogP contribution in [-0.4, -0.2) is 21.5 Å². The molecule has 2 heterocycles. The van der Waals surface area contributed by atoms with Crippen molar-refractivity contribution in [2.45, 2.75) is 52.5 Å². The molecule has 1 aliphatic heterocycles. The first-order valence-electron chi connectivity index (χ1n) is 9.43. The molecule has 144 valence electrons. The number of benzene rings is 1. The summed E-state index contributed by atoms with van der Waals surface area (Å²) in [6.07, 6.45) is 4.97. The number of aromatic nitrogens is 1. The molecule has 0 spiro atoms. The largest absolute Gasteiger partial charge is 0.302 e. The second-order valence-corrected chi connectivity index (χ2v) is 7.88. The molecule has 0 radical (unpaired) electrons. The lowest BCUT2D eigenvalue weighted by atomic mass is 10.0. The summed E-state index contributed by atoms with van der Waals surface area (Å²) in [7, 11) is 0. The number of nitrogens with zero attached hydrogens (tertiary/aromatic N) is 4. The van der Waals surface area contributed by atoms with Crippen LogP contribution in [0.15, 0.2) is 36.5 Å². The predicted molar refractivity (Wildman–Crippen MR) is 117 cm³/mol. The molecule has 0 aliphatic carbocycles. The number of pyridine rings is 1. The van der Waals surface area contributed by atoms with Crippen LogP contribution in [0, 0.1) is 13.5 Å². The number of anilines is 2. The van der Waals surface area contributed by atoms with E-state index in [0.717, 1.165) is 36.2 Å². The van der Waals surface area contributed by atoms with Crippen LogP contribution in [0.2, 0.25) is 0 Å². The van der Waals surface area contributed by atoms with Crippen molar-refractivity contribution in [3.63, 3.8) is 0 Å². The molecule has 1 saturated heterocycles. The number of unbranched alkanes of at least 4 members (excludes halogenated alkanes) is 1. The summed E-state index contributed by atoms with van der Waals surface area (Å²) in [5.41, 5.74) is 3.10. The summed E-state index contributed by atoms with van der Waals surface area (Å²) in [5.74, 6) is -0.0949. The van der Waals surface area contributed by atoms with E-state index in [4.69, 9.17) is 18.8 Å². The predicted octanol–water partition coefficient (Wildman–Crippen LogP) is 5.20. The van der Waals surface area contributed by atoms with Gasteiger partial charge in [-0.05, 0) is 75.7 Å². The molecule has 0 N–H and O–H groups in total. The summed E-state index contributed by atoms with van der Waals surface area (Å²) in [6.45, 7) is 15.0. The van der Waals surface area contributed by atoms with E-state index in [-0.39, 0.29) is 5.91 Å². The van der Waals surface area contributed by atoms with Crippen LogP contribution in [0.1, 0.15) is 44.9 Å². The highest BCUT2D eigenvalue weighted by molar-refractivity contribution is 7.81. The molecule has 1 amide bonds. The second kappa shape index (κ2) is 7.69. The highest BCUT2D eigenvalue weighted by Crippen LogP contribution is 2.37. The third-order valence-electron chi connectivity index (χ3n) is 5.08. The average molecular weight is 393 g/mol. The molecule has 0 atom stereocenters. The maximum absolute atomic E-state index is 13.2. The second-order valence-electron chi connectivity index (χ2n) is 7.51. The maximum Gasteiger partial charge on any atom is 0.259 e. The molecule has 2 aromatic rings. The van der Waals surface area contributed by atoms with Crippen molar-refractivity contribution in [1.29, 1.82) is 0 Å². The standard InChI is InChI=1S/C22H24N4OS/c1-6-7-8-16-9-10-18(14-24-16)26-21(28)25(20(27)22(26,3)4)17-11-12-19(23-5)15(2)13-17/h9-14H,6-8H2,1-4H3. The van der Waals surface area contributed by atoms with Crippen LogP contribution in [-0.2, 0) is 11.2 Å². The van der Waals surface area contributed by atoms with Crippen LogP contribution in [0.5, 0.6) is 0 Å². The van der Waals surface area contributed by atoms with E-state index in [1.165, 1.54) is 0 Å². The van der Waals surface area contributed by atoms with Gasteiger partial charge in [0.1, 0.15) is 5.54 Å². The van der Waals surface area contributed by atoms with E-state index >= 15 is 0 Å². The number of hydrogen-bond donors (Lipinski definition) is 0. The molecule has 1 aliphatic rings. The Morgan fingerprint density at radius 1 is 1.21 bits per heavy atom. The summed E-state index contributed by atoms with van der Waals surface area (Å²) in [4.78, 5) is 24.7. The molecule has 0 saturated carbocycles. The van der Waals surface area contributed by atoms with Gasteiger partial charge in [0.15, 0.2) is 10.8 Å². The first-order valence-corrected chi connectivity index (χ1v) is 9.84. The van der Waals surface area contributed by atoms with Crippen molar-refractivity contribution >= 4 is 40.3 Å². The van der Waals surface area contributed by atoms with Crippen LogP contribution in [0.25, 0.3) is 4.85 Å². The van der Waals surface area contributed by atoms with Gasteiger partial charge in [-0.15, -0.1) is 0 Å². The topological polar surface area (TPSA) is 40.8 Å². The number of hydrogen-bond acceptors (Lipinski definition) is 3. The first kappa shape index (κ1) is 20.0. The zero-order valence-corrected chi connectivity index (χ0v) is 17.5. The molecular weight excluding hydrogens is 368 g/mol. The van der Waals surface area contributed by atoms with E-state index in [2.05, 4.69) is 16.8 Å². The van der Waals surface area contributed by atoms with Crippen LogP contribution < -0.4 is 9.80 Å². The van der Waals surface area contributed by atoms with E-state index in [1.807, 2.05) is 43.9 Å². The maximum atomic E-state index is 13.2. The van der Waals surface area contributed by atoms with E-state index in [0.29, 0.717) is 16.5 Å². The summed E-state index contributed by atoms with van der Waals surface area (Å²) >= 11 is 5.70. The summed E-state index contributed by atoms with van der Waals surface area (Å²) in [5, 5.41) is 0.424. The van der Waals surface area contributed by atoms with Crippen LogP contribution >= 0.6 is 12.2 Å². The molecule has 1 aromatic carbocycles. The molecule has 0 unspecified atom stereocenters. The number of aryl methyl sites for hydroxylation is 2. The number of rotatable bonds is 5. The van der Waals surface area contributed by atoms with Crippen molar-refractivity contribution in [1.82, 2.24) is 4.98 Å². The number of amides is 1. The lowest BCUT2D eigenvalue weighted by Gasteiger charge is -2.29. The Morgan fingerprint density at radius 2 is 1.93 bits per heavy atom. The molecule has 28 heavy (non-hydrogen) atoms. The minimum absolute atomic E-state index is 0.0949. The van der Waals surface area contributed by atoms with Gasteiger partial charge in [-0.25, -0.2) is 4.85 Å². The lowest BCUT2D eigenvalue weighted by molar-refractivity contribution is -0.120. The van der Waals surface area contributed by atoms with Gasteiger partial charge in [0.25, 0.3) is 5.91 Å². The average Bonchev–Trinajstić information content (AvgIpc) is 2.85. The Bertz CT molecular complexity index is 959. The smallest absolute Gasteiger partial charge is 0.259 e. The molecule has 6 heteroatoms. The monoisotopic (exact) mass is 392 g/mol. The summed E-state index contributed by atoms with van der Waals surface area (Å²) < 4.78 is 0. The van der Waals surface area contributed by atoms with Crippen LogP contribution in [0.4, 0.5) is 17.1 Å². The zero-order valence-electron chi connectivity index (χ0n) is 16.7. The quantitative estimate of drug-likeness (QED) is 0.518. The molecule has 3 rings (SSSR count). The molecule has 1 aromatic heterocycles. The Labute approximate surface area is 171 Å². The Morgan fingerprint density at radius 3 is 2.50 bits per heavy atom. The Hall–Kier alpha value is -2.78. The first-order chi connectivity index (χ1) is 13.3. The number of thiocarbonyl (C=S) groups is 1. The molecule has 0 bridgehead atoms. The fourth-order valence-corrected chi connectivity index (χ4v) is 3.94. The third kappa shape index (κ3) is 3.38. The van der Waals surface area contributed by atoms with E-state index in [9.17, 15) is 4.79 Å². The van der Waals surface area contributed by atoms with Crippen molar-refractivity contribution in [3.05, 3.63) is 59.2 Å². The van der Waals surface area contributed by atoms with Gasteiger partial charge in [-0.3, -0.25) is 14.7 Å². The minimum atomic E-state index is -0.823. The highest BCUT2D eigenvalue weighted by atomic mass is 32.1. The van der Waals surface area contributed by atoms with Gasteiger partial charge in [-0.1, -0.05) is 19.4 Å². The van der Waals surface area contributed by atoms with E-state index < -0.39 is 5.54 Å². The fraction of sp³-hybridized carbons (Fsp3) is 0.364. The number of carbonyl (C=O) groups excluding carboxylic acids is 1. The molecular formula is C22H24N4OS. The van der Waals surface area contributed by atoms with Gasteiger partial charge in [-0.2, -0.15) is 0 Å². The lowest BCUT2D eigenvalue weighted by Crippen LogP contribution is -2.44. The normalized spacial score (nSPS) is 15.8. The van der Waals surface area contributed by atoms with Crippen LogP contribution in [0.3, 0.4) is 0 Å². The van der Waals surface area contributed by atoms with Gasteiger partial charge >= 0.3 is 0 Å². The van der Waals surface area contributed by atoms with Crippen molar-refractivity contribution in [2.24, 2.45) is 0 Å². The van der Waals surface area contributed by atoms with Gasteiger partial charge in [0, 0.05) is 11.4 Å². The Kier molecular flexibility index (Phi) is 5.48. The highest BCUT2D eigenvalue weighted by Gasteiger charge is 2.50. The van der Waals surface area contributed by atoms with Crippen molar-refractivity contribution in [3.8, 4) is 0 Å². The Balaban J connectivity index is 1.96. The van der Waals surface area contributed by atoms with Gasteiger partial charge in [0.2, 0.25) is 0 Å². The molecule has 1 fully saturated rings. The third-order valence-corrected chi connectivity index (χ3v) is 5.45. The van der Waals surface area contributed by atoms with Crippen molar-refractivity contribution in [2.75, 3.05) is 9.80 Å². The summed E-state index contributed by atoms with van der Waals surface area (Å²) in [6, 6.07) is 9.33. The number of carbonyl (C=O) groups is 1. The van der Waals surface area contributed by atoms with E-state index in [1.54, 1.807) is 23.2 Å². The van der Waals surface area contributed by atoms with Gasteiger partial charge < -0.3 is 4.90 Å². The van der Waals surface area contributed by atoms with Gasteiger partial charge in [0.05, 0.1) is 18.5 Å². The fourth-order valence-electron chi connectivity index (χ4n) is 3.42. The SMILES string of the molecule is [C-]#[N+]c1ccc(N2C(=O)C(C)(C)N(c3ccc(CCCC)nc3)C2=S)cc1C. The van der Waals surface area contributed by atoms with Crippen molar-refractivity contribution < 1.29 is 4.79 Å². The molecule has 5 nitrogen and oxygen atoms in total.